The van der Waals surface area contributed by atoms with Crippen LogP contribution in [0.5, 0.6) is 11.8 Å². The van der Waals surface area contributed by atoms with Gasteiger partial charge < -0.3 is 14.7 Å². The van der Waals surface area contributed by atoms with E-state index in [0.717, 1.165) is 87.9 Å². The van der Waals surface area contributed by atoms with Crippen molar-refractivity contribution in [1.29, 1.82) is 0 Å². The molecule has 0 amide bonds. The molecule has 1 aromatic carbocycles. The molecule has 4 fully saturated rings. The number of alkyl halides is 1. The minimum Gasteiger partial charge on any atom is -0.508 e. The molecule has 8 heteroatoms. The van der Waals surface area contributed by atoms with Gasteiger partial charge in [0.15, 0.2) is 0 Å². The van der Waals surface area contributed by atoms with E-state index in [1.165, 1.54) is 36.0 Å². The second-order valence-electron chi connectivity index (χ2n) is 13.5. The fourth-order valence-electron chi connectivity index (χ4n) is 9.32. The summed E-state index contributed by atoms with van der Waals surface area (Å²) in [5, 5.41) is 11.1. The summed E-state index contributed by atoms with van der Waals surface area (Å²) in [5.41, 5.74) is 4.45. The topological polar surface area (TPSA) is 61.7 Å². The number of fused-ring (bicyclic) bond motifs is 6. The average Bonchev–Trinajstić information content (AvgIpc) is 3.64. The summed E-state index contributed by atoms with van der Waals surface area (Å²) in [6.07, 6.45) is 10.5. The zero-order valence-corrected chi connectivity index (χ0v) is 23.4. The normalized spacial score (nSPS) is 34.9. The lowest BCUT2D eigenvalue weighted by Crippen LogP contribution is -2.44. The maximum atomic E-state index is 14.4. The van der Waals surface area contributed by atoms with Crippen LogP contribution < -0.4 is 9.64 Å². The Balaban J connectivity index is 1.15. The molecule has 1 aromatic heterocycles. The van der Waals surface area contributed by atoms with Crippen LogP contribution >= 0.6 is 11.6 Å². The van der Waals surface area contributed by atoms with Crippen LogP contribution in [0.4, 0.5) is 10.2 Å². The van der Waals surface area contributed by atoms with E-state index < -0.39 is 6.17 Å². The molecule has 3 unspecified atom stereocenters. The van der Waals surface area contributed by atoms with Crippen molar-refractivity contribution in [3.63, 3.8) is 0 Å². The summed E-state index contributed by atoms with van der Waals surface area (Å²) >= 11 is 6.58. The van der Waals surface area contributed by atoms with Gasteiger partial charge in [-0.15, -0.1) is 0 Å². The third-order valence-electron chi connectivity index (χ3n) is 11.2. The first-order valence-electron chi connectivity index (χ1n) is 15.1. The van der Waals surface area contributed by atoms with Gasteiger partial charge in [-0.05, 0) is 106 Å². The Morgan fingerprint density at radius 2 is 1.85 bits per heavy atom. The summed E-state index contributed by atoms with van der Waals surface area (Å²) < 4.78 is 20.9. The number of phenolic OH excluding ortho intramolecular Hbond substituents is 1. The van der Waals surface area contributed by atoms with E-state index in [1.54, 1.807) is 6.07 Å². The first-order valence-corrected chi connectivity index (χ1v) is 15.5. The lowest BCUT2D eigenvalue weighted by molar-refractivity contribution is 0.107. The average molecular weight is 553 g/mol. The van der Waals surface area contributed by atoms with Gasteiger partial charge in [0, 0.05) is 42.1 Å². The summed E-state index contributed by atoms with van der Waals surface area (Å²) in [4.78, 5) is 15.0. The molecule has 8 rings (SSSR count). The fraction of sp³-hybridized carbons (Fsp3) is 0.677. The van der Waals surface area contributed by atoms with Gasteiger partial charge >= 0.3 is 6.01 Å². The molecule has 1 spiro atoms. The number of hydrogen-bond acceptors (Lipinski definition) is 6. The first kappa shape index (κ1) is 24.7. The number of anilines is 1. The standard InChI is InChI=1S/C31H38ClFN4O2/c32-26-12-22(38)11-25-23(26)4-7-30(25)8-5-24-27(14-30)34-29(35-28(24)36-15-19-2-3-20(10-19)16-36)39-18-31-6-1-9-37(31)17-21(33)13-31/h11-12,19-21,38H,1-10,13-18H2/t19?,20?,21-,30?,31+/m1/s1. The quantitative estimate of drug-likeness (QED) is 0.548. The molecular formula is C31H38ClFN4O2. The molecular weight excluding hydrogens is 515 g/mol. The summed E-state index contributed by atoms with van der Waals surface area (Å²) in [7, 11) is 0. The summed E-state index contributed by atoms with van der Waals surface area (Å²) in [6.45, 7) is 4.06. The molecule has 3 saturated heterocycles. The van der Waals surface area contributed by atoms with Crippen molar-refractivity contribution >= 4 is 17.4 Å². The van der Waals surface area contributed by atoms with Gasteiger partial charge in [0.25, 0.3) is 0 Å². The van der Waals surface area contributed by atoms with Crippen molar-refractivity contribution in [3.05, 3.63) is 39.5 Å². The predicted molar refractivity (Wildman–Crippen MR) is 149 cm³/mol. The number of ether oxygens (including phenoxy) is 1. The maximum absolute atomic E-state index is 14.4. The van der Waals surface area contributed by atoms with E-state index >= 15 is 0 Å². The Labute approximate surface area is 234 Å². The smallest absolute Gasteiger partial charge is 0.318 e. The number of piperidine rings is 1. The number of nitrogens with zero attached hydrogens (tertiary/aromatic N) is 4. The predicted octanol–water partition coefficient (Wildman–Crippen LogP) is 5.40. The van der Waals surface area contributed by atoms with Gasteiger partial charge in [-0.2, -0.15) is 9.97 Å². The highest BCUT2D eigenvalue weighted by molar-refractivity contribution is 6.31. The van der Waals surface area contributed by atoms with E-state index in [1.807, 2.05) is 6.07 Å². The number of phenols is 1. The number of rotatable bonds is 4. The SMILES string of the molecule is Oc1cc(Cl)c2c(c1)C1(CC2)CCc2c(nc(OC[C@@]34CCCN3C[C@H](F)C4)nc2N2CC3CCC(C3)C2)C1. The molecule has 3 aliphatic carbocycles. The third-order valence-corrected chi connectivity index (χ3v) is 11.5. The van der Waals surface area contributed by atoms with Crippen LogP contribution in [-0.2, 0) is 24.7 Å². The first-order chi connectivity index (χ1) is 18.9. The number of aromatic nitrogens is 2. The van der Waals surface area contributed by atoms with Crippen molar-refractivity contribution in [2.24, 2.45) is 11.8 Å². The van der Waals surface area contributed by atoms with E-state index in [2.05, 4.69) is 9.80 Å². The lowest BCUT2D eigenvalue weighted by atomic mass is 9.69. The van der Waals surface area contributed by atoms with E-state index in [4.69, 9.17) is 26.3 Å². The van der Waals surface area contributed by atoms with Gasteiger partial charge in [0.05, 0.1) is 11.2 Å². The number of aromatic hydroxyl groups is 1. The highest BCUT2D eigenvalue weighted by atomic mass is 35.5. The highest BCUT2D eigenvalue weighted by Crippen LogP contribution is 2.52. The molecule has 208 valence electrons. The second kappa shape index (κ2) is 8.94. The number of halogens is 2. The van der Waals surface area contributed by atoms with E-state index in [0.29, 0.717) is 30.6 Å². The summed E-state index contributed by atoms with van der Waals surface area (Å²) in [6, 6.07) is 4.06. The summed E-state index contributed by atoms with van der Waals surface area (Å²) in [5.74, 6) is 2.83. The van der Waals surface area contributed by atoms with Gasteiger partial charge in [-0.3, -0.25) is 4.90 Å². The van der Waals surface area contributed by atoms with Crippen molar-refractivity contribution in [3.8, 4) is 11.8 Å². The largest absolute Gasteiger partial charge is 0.508 e. The molecule has 3 aliphatic heterocycles. The Morgan fingerprint density at radius 1 is 1.05 bits per heavy atom. The molecule has 6 aliphatic rings. The minimum atomic E-state index is -0.775. The third kappa shape index (κ3) is 3.97. The number of benzene rings is 1. The van der Waals surface area contributed by atoms with Crippen LogP contribution in [0.1, 0.15) is 73.8 Å². The molecule has 1 saturated carbocycles. The molecule has 6 nitrogen and oxygen atoms in total. The van der Waals surface area contributed by atoms with E-state index in [9.17, 15) is 9.50 Å². The van der Waals surface area contributed by atoms with Crippen LogP contribution in [0.15, 0.2) is 12.1 Å². The lowest BCUT2D eigenvalue weighted by Gasteiger charge is -2.39. The zero-order valence-electron chi connectivity index (χ0n) is 22.6. The molecule has 2 aromatic rings. The van der Waals surface area contributed by atoms with Crippen LogP contribution in [0, 0.1) is 11.8 Å². The van der Waals surface area contributed by atoms with Crippen LogP contribution in [0.3, 0.4) is 0 Å². The molecule has 4 heterocycles. The van der Waals surface area contributed by atoms with Crippen molar-refractivity contribution < 1.29 is 14.2 Å². The van der Waals surface area contributed by atoms with Gasteiger partial charge in [-0.25, -0.2) is 4.39 Å². The van der Waals surface area contributed by atoms with Crippen molar-refractivity contribution in [2.45, 2.75) is 87.8 Å². The van der Waals surface area contributed by atoms with Crippen molar-refractivity contribution in [1.82, 2.24) is 14.9 Å². The Morgan fingerprint density at radius 3 is 2.67 bits per heavy atom. The Hall–Kier alpha value is -2.12. The van der Waals surface area contributed by atoms with Crippen LogP contribution in [0.25, 0.3) is 0 Å². The van der Waals surface area contributed by atoms with Crippen molar-refractivity contribution in [2.75, 3.05) is 37.7 Å². The minimum absolute atomic E-state index is 0.0671. The van der Waals surface area contributed by atoms with Gasteiger partial charge in [0.2, 0.25) is 0 Å². The maximum Gasteiger partial charge on any atom is 0.318 e. The van der Waals surface area contributed by atoms with Crippen LogP contribution in [0.2, 0.25) is 5.02 Å². The van der Waals surface area contributed by atoms with Crippen LogP contribution in [-0.4, -0.2) is 64.5 Å². The van der Waals surface area contributed by atoms with E-state index in [-0.39, 0.29) is 16.7 Å². The van der Waals surface area contributed by atoms with Gasteiger partial charge in [0.1, 0.15) is 24.3 Å². The Kier molecular flexibility index (Phi) is 5.65. The number of hydrogen-bond donors (Lipinski definition) is 1. The molecule has 39 heavy (non-hydrogen) atoms. The molecule has 2 bridgehead atoms. The monoisotopic (exact) mass is 552 g/mol. The zero-order chi connectivity index (χ0) is 26.4. The van der Waals surface area contributed by atoms with Gasteiger partial charge in [-0.1, -0.05) is 11.6 Å². The highest BCUT2D eigenvalue weighted by Gasteiger charge is 2.50. The molecule has 0 radical (unpaired) electrons. The second-order valence-corrected chi connectivity index (χ2v) is 13.9. The molecule has 5 atom stereocenters. The molecule has 1 N–H and O–H groups in total. The fourth-order valence-corrected chi connectivity index (χ4v) is 9.63. The Bertz CT molecular complexity index is 1310.